The average Bonchev–Trinajstić information content (AvgIpc) is 3.54. The summed E-state index contributed by atoms with van der Waals surface area (Å²) in [4.78, 5) is 59.3. The minimum Gasteiger partial charge on any atom is -0.348 e. The van der Waals surface area contributed by atoms with Crippen LogP contribution in [-0.4, -0.2) is 86.4 Å². The third kappa shape index (κ3) is 8.13. The Morgan fingerprint density at radius 1 is 0.974 bits per heavy atom. The molecule has 0 aliphatic rings. The molecule has 0 spiro atoms. The first-order valence-corrected chi connectivity index (χ1v) is 11.9. The summed E-state index contributed by atoms with van der Waals surface area (Å²) < 4.78 is 4.67. The zero-order chi connectivity index (χ0) is 27.8. The van der Waals surface area contributed by atoms with Crippen molar-refractivity contribution in [2.45, 2.75) is 13.0 Å². The van der Waals surface area contributed by atoms with Crippen molar-refractivity contribution in [3.05, 3.63) is 42.0 Å². The van der Waals surface area contributed by atoms with Gasteiger partial charge in [-0.2, -0.15) is 0 Å². The SMILES string of the molecule is CN(C)CCNC(=O)c1nc(NC(=O)c2cc(NC(=O)c3nc(NC=O)cn3C)cn2CCCN)cn1C.Cl. The lowest BCUT2D eigenvalue weighted by atomic mass is 10.3. The van der Waals surface area contributed by atoms with E-state index in [1.165, 1.54) is 21.4 Å². The number of amides is 4. The number of nitrogens with zero attached hydrogens (tertiary/aromatic N) is 6. The quantitative estimate of drug-likeness (QED) is 0.181. The number of carbonyl (C=O) groups is 4. The summed E-state index contributed by atoms with van der Waals surface area (Å²) in [5.74, 6) is -0.695. The first-order chi connectivity index (χ1) is 18.1. The van der Waals surface area contributed by atoms with Gasteiger partial charge in [-0.1, -0.05) is 0 Å². The Bertz CT molecular complexity index is 1310. The summed E-state index contributed by atoms with van der Waals surface area (Å²) in [6, 6.07) is 1.52. The van der Waals surface area contributed by atoms with Crippen molar-refractivity contribution in [1.29, 1.82) is 0 Å². The number of carbonyl (C=O) groups excluding carboxylic acids is 4. The first-order valence-electron chi connectivity index (χ1n) is 11.9. The monoisotopic (exact) mass is 563 g/mol. The van der Waals surface area contributed by atoms with Crippen molar-refractivity contribution < 1.29 is 19.2 Å². The number of aryl methyl sites for hydroxylation is 3. The molecule has 3 aromatic rings. The van der Waals surface area contributed by atoms with Crippen molar-refractivity contribution in [2.75, 3.05) is 49.7 Å². The molecular weight excluding hydrogens is 530 g/mol. The predicted octanol–water partition coefficient (Wildman–Crippen LogP) is 0.0900. The number of imidazole rings is 2. The van der Waals surface area contributed by atoms with Crippen LogP contribution < -0.4 is 27.0 Å². The normalized spacial score (nSPS) is 10.6. The van der Waals surface area contributed by atoms with Gasteiger partial charge < -0.3 is 45.6 Å². The van der Waals surface area contributed by atoms with E-state index in [4.69, 9.17) is 5.73 Å². The molecular formula is C23H34ClN11O4. The Morgan fingerprint density at radius 3 is 2.26 bits per heavy atom. The van der Waals surface area contributed by atoms with Crippen molar-refractivity contribution in [2.24, 2.45) is 19.8 Å². The van der Waals surface area contributed by atoms with Gasteiger partial charge >= 0.3 is 0 Å². The zero-order valence-corrected chi connectivity index (χ0v) is 23.0. The molecule has 0 saturated carbocycles. The molecule has 0 fully saturated rings. The third-order valence-electron chi connectivity index (χ3n) is 5.44. The van der Waals surface area contributed by atoms with Crippen molar-refractivity contribution in [3.63, 3.8) is 0 Å². The van der Waals surface area contributed by atoms with Crippen LogP contribution in [0.1, 0.15) is 38.1 Å². The van der Waals surface area contributed by atoms with E-state index in [1.807, 2.05) is 19.0 Å². The largest absolute Gasteiger partial charge is 0.348 e. The van der Waals surface area contributed by atoms with E-state index in [1.54, 1.807) is 31.1 Å². The smallest absolute Gasteiger partial charge is 0.291 e. The second-order valence-electron chi connectivity index (χ2n) is 8.80. The van der Waals surface area contributed by atoms with Gasteiger partial charge in [0.1, 0.15) is 5.69 Å². The molecule has 0 aliphatic carbocycles. The lowest BCUT2D eigenvalue weighted by molar-refractivity contribution is -0.105. The molecule has 212 valence electrons. The van der Waals surface area contributed by atoms with Gasteiger partial charge in [0.05, 0.1) is 5.69 Å². The molecule has 0 saturated heterocycles. The van der Waals surface area contributed by atoms with Gasteiger partial charge in [0.15, 0.2) is 11.6 Å². The van der Waals surface area contributed by atoms with Gasteiger partial charge in [0.2, 0.25) is 18.1 Å². The molecule has 39 heavy (non-hydrogen) atoms. The molecule has 3 aromatic heterocycles. The molecule has 6 N–H and O–H groups in total. The maximum Gasteiger partial charge on any atom is 0.291 e. The fourth-order valence-electron chi connectivity index (χ4n) is 3.60. The molecule has 0 atom stereocenters. The van der Waals surface area contributed by atoms with Gasteiger partial charge in [-0.25, -0.2) is 9.97 Å². The fourth-order valence-corrected chi connectivity index (χ4v) is 3.60. The number of halogens is 1. The number of hydrogen-bond donors (Lipinski definition) is 5. The number of aromatic nitrogens is 5. The number of hydrogen-bond acceptors (Lipinski definition) is 8. The Kier molecular flexibility index (Phi) is 11.2. The summed E-state index contributed by atoms with van der Waals surface area (Å²) in [5.41, 5.74) is 6.28. The van der Waals surface area contributed by atoms with E-state index in [0.29, 0.717) is 44.7 Å². The fraction of sp³-hybridized carbons (Fsp3) is 0.391. The zero-order valence-electron chi connectivity index (χ0n) is 22.2. The van der Waals surface area contributed by atoms with E-state index < -0.39 is 11.8 Å². The standard InChI is InChI=1S/C23H33N11O4.ClH/c1-31(2)9-7-25-22(37)19-29-18(13-33(19)4)30-21(36)16-10-15(11-34(16)8-5-6-24)27-23(38)20-28-17(26-14-35)12-32(20)3;/h10-14H,5-9,24H2,1-4H3,(H,25,37)(H,26,35)(H,27,38)(H,30,36);1H. The van der Waals surface area contributed by atoms with Gasteiger partial charge in [0.25, 0.3) is 17.7 Å². The van der Waals surface area contributed by atoms with Crippen LogP contribution in [0.3, 0.4) is 0 Å². The highest BCUT2D eigenvalue weighted by atomic mass is 35.5. The van der Waals surface area contributed by atoms with Gasteiger partial charge in [-0.05, 0) is 33.1 Å². The molecule has 0 aromatic carbocycles. The number of rotatable bonds is 13. The second kappa shape index (κ2) is 14.1. The third-order valence-corrected chi connectivity index (χ3v) is 5.44. The molecule has 4 amide bonds. The highest BCUT2D eigenvalue weighted by Gasteiger charge is 2.20. The molecule has 15 nitrogen and oxygen atoms in total. The number of likely N-dealkylation sites (N-methyl/N-ethyl adjacent to an activating group) is 1. The topological polar surface area (TPSA) is 186 Å². The van der Waals surface area contributed by atoms with Crippen molar-refractivity contribution in [3.8, 4) is 0 Å². The van der Waals surface area contributed by atoms with Crippen LogP contribution in [0.15, 0.2) is 24.7 Å². The summed E-state index contributed by atoms with van der Waals surface area (Å²) in [6.45, 7) is 1.98. The summed E-state index contributed by atoms with van der Waals surface area (Å²) in [6.07, 6.45) is 5.73. The van der Waals surface area contributed by atoms with Gasteiger partial charge in [-0.15, -0.1) is 12.4 Å². The van der Waals surface area contributed by atoms with E-state index in [2.05, 4.69) is 31.2 Å². The Balaban J connectivity index is 0.00000533. The molecule has 3 heterocycles. The predicted molar refractivity (Wildman–Crippen MR) is 148 cm³/mol. The lowest BCUT2D eigenvalue weighted by Crippen LogP contribution is -2.32. The number of nitrogens with one attached hydrogen (secondary N) is 4. The van der Waals surface area contributed by atoms with E-state index in [9.17, 15) is 19.2 Å². The van der Waals surface area contributed by atoms with Gasteiger partial charge in [-0.3, -0.25) is 19.2 Å². The Morgan fingerprint density at radius 2 is 1.62 bits per heavy atom. The highest BCUT2D eigenvalue weighted by Crippen LogP contribution is 2.18. The molecule has 0 bridgehead atoms. The average molecular weight is 564 g/mol. The van der Waals surface area contributed by atoms with Crippen LogP contribution in [0.25, 0.3) is 0 Å². The Hall–Kier alpha value is -4.21. The molecule has 0 unspecified atom stereocenters. The van der Waals surface area contributed by atoms with E-state index >= 15 is 0 Å². The van der Waals surface area contributed by atoms with Crippen LogP contribution in [0.5, 0.6) is 0 Å². The number of anilines is 3. The van der Waals surface area contributed by atoms with Crippen molar-refractivity contribution in [1.82, 2.24) is 33.9 Å². The Labute approximate surface area is 231 Å². The highest BCUT2D eigenvalue weighted by molar-refractivity contribution is 6.06. The summed E-state index contributed by atoms with van der Waals surface area (Å²) in [5, 5.41) is 10.6. The minimum atomic E-state index is -0.524. The molecule has 0 radical (unpaired) electrons. The van der Waals surface area contributed by atoms with E-state index in [-0.39, 0.29) is 47.3 Å². The second-order valence-corrected chi connectivity index (χ2v) is 8.80. The number of nitrogens with two attached hydrogens (primary N) is 1. The van der Waals surface area contributed by atoms with Crippen LogP contribution in [0.2, 0.25) is 0 Å². The van der Waals surface area contributed by atoms with Crippen LogP contribution in [0.4, 0.5) is 17.3 Å². The summed E-state index contributed by atoms with van der Waals surface area (Å²) >= 11 is 0. The lowest BCUT2D eigenvalue weighted by Gasteiger charge is -2.10. The molecule has 16 heteroatoms. The maximum absolute atomic E-state index is 13.1. The molecule has 3 rings (SSSR count). The molecule has 0 aliphatic heterocycles. The summed E-state index contributed by atoms with van der Waals surface area (Å²) in [7, 11) is 7.09. The minimum absolute atomic E-state index is 0. The van der Waals surface area contributed by atoms with Crippen LogP contribution >= 0.6 is 12.4 Å². The first kappa shape index (κ1) is 31.0. The van der Waals surface area contributed by atoms with Gasteiger partial charge in [0, 0.05) is 52.3 Å². The van der Waals surface area contributed by atoms with E-state index in [0.717, 1.165) is 0 Å². The van der Waals surface area contributed by atoms with Crippen LogP contribution in [-0.2, 0) is 25.4 Å². The van der Waals surface area contributed by atoms with Crippen molar-refractivity contribution >= 4 is 53.9 Å². The van der Waals surface area contributed by atoms with Crippen LogP contribution in [0, 0.1) is 0 Å². The maximum atomic E-state index is 13.1.